The number of methoxy groups -OCH3 is 1. The van der Waals surface area contributed by atoms with Crippen molar-refractivity contribution in [2.24, 2.45) is 0 Å². The average Bonchev–Trinajstić information content (AvgIpc) is 2.29. The van der Waals surface area contributed by atoms with Gasteiger partial charge in [0.25, 0.3) is 0 Å². The molecule has 0 saturated heterocycles. The number of aliphatic hydroxyl groups is 1. The third kappa shape index (κ3) is 2.84. The first-order valence-electron chi connectivity index (χ1n) is 4.84. The third-order valence-electron chi connectivity index (χ3n) is 2.02. The summed E-state index contributed by atoms with van der Waals surface area (Å²) in [5.41, 5.74) is 0.791. The summed E-state index contributed by atoms with van der Waals surface area (Å²) >= 11 is 0. The van der Waals surface area contributed by atoms with Crippen LogP contribution in [-0.4, -0.2) is 24.8 Å². The van der Waals surface area contributed by atoms with Crippen LogP contribution >= 0.6 is 0 Å². The monoisotopic (exact) mass is 222 g/mol. The molecular formula is C12H14O4. The molecule has 0 fully saturated rings. The molecule has 16 heavy (non-hydrogen) atoms. The summed E-state index contributed by atoms with van der Waals surface area (Å²) in [4.78, 5) is 11.1. The number of carbonyl (C=O) groups excluding carboxylic acids is 1. The van der Waals surface area contributed by atoms with Crippen molar-refractivity contribution < 1.29 is 19.4 Å². The third-order valence-corrected chi connectivity index (χ3v) is 2.02. The Balaban J connectivity index is 3.03. The highest BCUT2D eigenvalue weighted by molar-refractivity contribution is 5.83. The fourth-order valence-electron chi connectivity index (χ4n) is 1.34. The molecule has 0 aliphatic heterocycles. The fraction of sp³-hybridized carbons (Fsp3) is 0.250. The summed E-state index contributed by atoms with van der Waals surface area (Å²) in [6.45, 7) is 3.32. The van der Waals surface area contributed by atoms with Crippen molar-refractivity contribution >= 4 is 5.97 Å². The Labute approximate surface area is 94.1 Å². The van der Waals surface area contributed by atoms with Gasteiger partial charge in [-0.15, -0.1) is 0 Å². The number of benzene rings is 1. The second-order valence-corrected chi connectivity index (χ2v) is 3.05. The summed E-state index contributed by atoms with van der Waals surface area (Å²) in [6, 6.07) is 5.17. The molecule has 0 heterocycles. The molecule has 0 amide bonds. The smallest absolute Gasteiger partial charge is 0.335 e. The molecule has 0 unspecified atom stereocenters. The normalized spacial score (nSPS) is 9.62. The van der Waals surface area contributed by atoms with Crippen LogP contribution in [-0.2, 0) is 11.2 Å². The van der Waals surface area contributed by atoms with E-state index in [2.05, 4.69) is 6.58 Å². The lowest BCUT2D eigenvalue weighted by atomic mass is 10.1. The molecule has 4 nitrogen and oxygen atoms in total. The van der Waals surface area contributed by atoms with E-state index in [9.17, 15) is 4.79 Å². The number of hydrogen-bond acceptors (Lipinski definition) is 4. The SMILES string of the molecule is C=CC(=O)Oc1cccc(CCO)c1OC. The van der Waals surface area contributed by atoms with Crippen LogP contribution in [0.4, 0.5) is 0 Å². The molecule has 86 valence electrons. The second-order valence-electron chi connectivity index (χ2n) is 3.05. The topological polar surface area (TPSA) is 55.8 Å². The zero-order valence-electron chi connectivity index (χ0n) is 9.10. The minimum atomic E-state index is -0.542. The lowest BCUT2D eigenvalue weighted by molar-refractivity contribution is -0.129. The van der Waals surface area contributed by atoms with E-state index in [1.807, 2.05) is 0 Å². The van der Waals surface area contributed by atoms with Gasteiger partial charge in [-0.25, -0.2) is 4.79 Å². The summed E-state index contributed by atoms with van der Waals surface area (Å²) in [7, 11) is 1.49. The molecule has 0 aromatic heterocycles. The summed E-state index contributed by atoms with van der Waals surface area (Å²) in [6.07, 6.45) is 1.53. The van der Waals surface area contributed by atoms with Gasteiger partial charge in [0.15, 0.2) is 11.5 Å². The summed E-state index contributed by atoms with van der Waals surface area (Å²) in [5, 5.41) is 8.88. The van der Waals surface area contributed by atoms with E-state index in [1.54, 1.807) is 18.2 Å². The van der Waals surface area contributed by atoms with Crippen molar-refractivity contribution in [2.45, 2.75) is 6.42 Å². The van der Waals surface area contributed by atoms with Gasteiger partial charge >= 0.3 is 5.97 Å². The largest absolute Gasteiger partial charge is 0.493 e. The van der Waals surface area contributed by atoms with E-state index in [4.69, 9.17) is 14.6 Å². The molecular weight excluding hydrogens is 208 g/mol. The van der Waals surface area contributed by atoms with Crippen LogP contribution in [0.15, 0.2) is 30.9 Å². The minimum absolute atomic E-state index is 0.00914. The van der Waals surface area contributed by atoms with E-state index >= 15 is 0 Å². The second kappa shape index (κ2) is 5.92. The number of ether oxygens (including phenoxy) is 2. The molecule has 0 aliphatic rings. The van der Waals surface area contributed by atoms with Gasteiger partial charge in [0.2, 0.25) is 0 Å². The number of rotatable bonds is 5. The molecule has 0 aliphatic carbocycles. The number of aliphatic hydroxyl groups excluding tert-OH is 1. The van der Waals surface area contributed by atoms with Crippen LogP contribution in [0, 0.1) is 0 Å². The van der Waals surface area contributed by atoms with E-state index < -0.39 is 5.97 Å². The van der Waals surface area contributed by atoms with Crippen LogP contribution in [0.2, 0.25) is 0 Å². The molecule has 0 atom stereocenters. The van der Waals surface area contributed by atoms with Gasteiger partial charge in [-0.3, -0.25) is 0 Å². The first-order chi connectivity index (χ1) is 7.72. The van der Waals surface area contributed by atoms with Crippen LogP contribution in [0.5, 0.6) is 11.5 Å². The summed E-state index contributed by atoms with van der Waals surface area (Å²) in [5.74, 6) is 0.254. The van der Waals surface area contributed by atoms with Crippen LogP contribution in [0.1, 0.15) is 5.56 Å². The maximum atomic E-state index is 11.1. The highest BCUT2D eigenvalue weighted by Gasteiger charge is 2.11. The maximum Gasteiger partial charge on any atom is 0.335 e. The Morgan fingerprint density at radius 2 is 2.31 bits per heavy atom. The van der Waals surface area contributed by atoms with Gasteiger partial charge in [0.05, 0.1) is 7.11 Å². The van der Waals surface area contributed by atoms with E-state index in [1.165, 1.54) is 7.11 Å². The molecule has 1 N–H and O–H groups in total. The zero-order chi connectivity index (χ0) is 12.0. The average molecular weight is 222 g/mol. The molecule has 0 spiro atoms. The van der Waals surface area contributed by atoms with Crippen LogP contribution in [0.3, 0.4) is 0 Å². The molecule has 1 rings (SSSR count). The van der Waals surface area contributed by atoms with Crippen molar-refractivity contribution in [3.05, 3.63) is 36.4 Å². The van der Waals surface area contributed by atoms with Gasteiger partial charge in [-0.1, -0.05) is 18.7 Å². The van der Waals surface area contributed by atoms with E-state index in [0.29, 0.717) is 17.9 Å². The Morgan fingerprint density at radius 1 is 1.56 bits per heavy atom. The minimum Gasteiger partial charge on any atom is -0.493 e. The molecule has 0 saturated carbocycles. The van der Waals surface area contributed by atoms with Crippen LogP contribution in [0.25, 0.3) is 0 Å². The van der Waals surface area contributed by atoms with E-state index in [0.717, 1.165) is 11.6 Å². The zero-order valence-corrected chi connectivity index (χ0v) is 9.10. The predicted molar refractivity (Wildman–Crippen MR) is 59.6 cm³/mol. The van der Waals surface area contributed by atoms with Crippen molar-refractivity contribution in [3.8, 4) is 11.5 Å². The van der Waals surface area contributed by atoms with Gasteiger partial charge in [0, 0.05) is 18.2 Å². The predicted octanol–water partition coefficient (Wildman–Crippen LogP) is 1.32. The Morgan fingerprint density at radius 3 is 2.88 bits per heavy atom. The Kier molecular flexibility index (Phi) is 4.54. The van der Waals surface area contributed by atoms with E-state index in [-0.39, 0.29) is 6.61 Å². The Hall–Kier alpha value is -1.81. The Bertz CT molecular complexity index is 385. The number of hydrogen-bond donors (Lipinski definition) is 1. The number of carbonyl (C=O) groups is 1. The van der Waals surface area contributed by atoms with Gasteiger partial charge in [-0.2, -0.15) is 0 Å². The molecule has 4 heteroatoms. The van der Waals surface area contributed by atoms with Crippen LogP contribution < -0.4 is 9.47 Å². The standard InChI is InChI=1S/C12H14O4/c1-3-11(14)16-10-6-4-5-9(7-8-13)12(10)15-2/h3-6,13H,1,7-8H2,2H3. The molecule has 1 aromatic carbocycles. The van der Waals surface area contributed by atoms with Gasteiger partial charge in [0.1, 0.15) is 0 Å². The quantitative estimate of drug-likeness (QED) is 0.464. The first-order valence-corrected chi connectivity index (χ1v) is 4.84. The highest BCUT2D eigenvalue weighted by Crippen LogP contribution is 2.31. The van der Waals surface area contributed by atoms with Crippen molar-refractivity contribution in [1.29, 1.82) is 0 Å². The maximum absolute atomic E-state index is 11.1. The van der Waals surface area contributed by atoms with Gasteiger partial charge < -0.3 is 14.6 Å². The highest BCUT2D eigenvalue weighted by atomic mass is 16.6. The lowest BCUT2D eigenvalue weighted by Crippen LogP contribution is -2.06. The molecule has 0 bridgehead atoms. The van der Waals surface area contributed by atoms with Crippen molar-refractivity contribution in [1.82, 2.24) is 0 Å². The lowest BCUT2D eigenvalue weighted by Gasteiger charge is -2.11. The van der Waals surface area contributed by atoms with Crippen molar-refractivity contribution in [2.75, 3.05) is 13.7 Å². The number of para-hydroxylation sites is 1. The van der Waals surface area contributed by atoms with Crippen molar-refractivity contribution in [3.63, 3.8) is 0 Å². The molecule has 1 aromatic rings. The molecule has 0 radical (unpaired) electrons. The van der Waals surface area contributed by atoms with Gasteiger partial charge in [-0.05, 0) is 12.5 Å². The summed E-state index contributed by atoms with van der Waals surface area (Å²) < 4.78 is 10.2. The first kappa shape index (κ1) is 12.3. The fourth-order valence-corrected chi connectivity index (χ4v) is 1.34. The number of esters is 1.